The minimum Gasteiger partial charge on any atom is -0.324 e. The number of hydrogen-bond donors (Lipinski definition) is 3. The molecular weight excluding hydrogens is 189 g/mol. The standard InChI is InChI=1S/C4H8NO6P/c6-3-5(8)1-4(7)2-12(9,10)11/h3,8H,1-2H2,(H2,9,10,11). The number of nitrogens with zero attached hydrogens (tertiary/aromatic N) is 1. The molecule has 0 aromatic carbocycles. The molecule has 12 heavy (non-hydrogen) atoms. The van der Waals surface area contributed by atoms with Crippen LogP contribution in [0.25, 0.3) is 0 Å². The van der Waals surface area contributed by atoms with Crippen LogP contribution in [-0.2, 0) is 14.2 Å². The van der Waals surface area contributed by atoms with E-state index in [2.05, 4.69) is 0 Å². The number of ketones is 1. The van der Waals surface area contributed by atoms with E-state index >= 15 is 0 Å². The van der Waals surface area contributed by atoms with Crippen LogP contribution in [0.15, 0.2) is 0 Å². The van der Waals surface area contributed by atoms with Crippen molar-refractivity contribution < 1.29 is 29.1 Å². The van der Waals surface area contributed by atoms with E-state index in [1.165, 1.54) is 0 Å². The smallest absolute Gasteiger partial charge is 0.324 e. The molecule has 0 radical (unpaired) electrons. The Morgan fingerprint density at radius 1 is 1.50 bits per heavy atom. The summed E-state index contributed by atoms with van der Waals surface area (Å²) in [4.78, 5) is 36.9. The Morgan fingerprint density at radius 3 is 2.33 bits per heavy atom. The Balaban J connectivity index is 3.91. The van der Waals surface area contributed by atoms with Crippen LogP contribution in [0.5, 0.6) is 0 Å². The quantitative estimate of drug-likeness (QED) is 0.215. The highest BCUT2D eigenvalue weighted by atomic mass is 31.2. The van der Waals surface area contributed by atoms with Crippen LogP contribution in [0.3, 0.4) is 0 Å². The third-order valence-corrected chi connectivity index (χ3v) is 1.61. The van der Waals surface area contributed by atoms with E-state index in [9.17, 15) is 14.2 Å². The molecule has 0 bridgehead atoms. The Bertz CT molecular complexity index is 222. The summed E-state index contributed by atoms with van der Waals surface area (Å²) in [5.74, 6) is -0.905. The summed E-state index contributed by atoms with van der Waals surface area (Å²) < 4.78 is 10.2. The lowest BCUT2D eigenvalue weighted by Crippen LogP contribution is -2.26. The highest BCUT2D eigenvalue weighted by Crippen LogP contribution is 2.33. The average Bonchev–Trinajstić information content (AvgIpc) is 1.82. The van der Waals surface area contributed by atoms with Crippen LogP contribution >= 0.6 is 7.60 Å². The van der Waals surface area contributed by atoms with Gasteiger partial charge in [-0.15, -0.1) is 0 Å². The second-order valence-electron chi connectivity index (χ2n) is 2.06. The summed E-state index contributed by atoms with van der Waals surface area (Å²) in [6.07, 6.45) is -1.00. The number of carbonyl (C=O) groups is 2. The zero-order valence-electron chi connectivity index (χ0n) is 5.95. The van der Waals surface area contributed by atoms with E-state index in [4.69, 9.17) is 15.0 Å². The van der Waals surface area contributed by atoms with Gasteiger partial charge < -0.3 is 9.79 Å². The van der Waals surface area contributed by atoms with E-state index < -0.39 is 26.1 Å². The molecule has 0 aliphatic rings. The Kier molecular flexibility index (Phi) is 4.05. The van der Waals surface area contributed by atoms with Crippen molar-refractivity contribution >= 4 is 19.8 Å². The van der Waals surface area contributed by atoms with Crippen molar-refractivity contribution in [3.63, 3.8) is 0 Å². The summed E-state index contributed by atoms with van der Waals surface area (Å²) in [5, 5.41) is 8.43. The third-order valence-electron chi connectivity index (χ3n) is 0.842. The number of amides is 1. The van der Waals surface area contributed by atoms with Crippen molar-refractivity contribution in [1.29, 1.82) is 0 Å². The molecule has 0 aromatic rings. The summed E-state index contributed by atoms with van der Waals surface area (Å²) >= 11 is 0. The Hall–Kier alpha value is -0.750. The second-order valence-corrected chi connectivity index (χ2v) is 3.71. The number of carbonyl (C=O) groups excluding carboxylic acids is 2. The molecule has 0 unspecified atom stereocenters. The summed E-state index contributed by atoms with van der Waals surface area (Å²) in [6.45, 7) is -0.714. The van der Waals surface area contributed by atoms with Gasteiger partial charge in [-0.3, -0.25) is 19.4 Å². The number of Topliss-reactive ketones (excluding diaryl/α,β-unsaturated/α-hetero) is 1. The molecular formula is C4H8NO6P. The molecule has 7 nitrogen and oxygen atoms in total. The first-order valence-electron chi connectivity index (χ1n) is 2.82. The first-order valence-corrected chi connectivity index (χ1v) is 4.62. The van der Waals surface area contributed by atoms with Crippen molar-refractivity contribution in [2.24, 2.45) is 0 Å². The van der Waals surface area contributed by atoms with E-state index in [0.717, 1.165) is 0 Å². The molecule has 0 aromatic heterocycles. The lowest BCUT2D eigenvalue weighted by atomic mass is 10.4. The van der Waals surface area contributed by atoms with E-state index in [1.807, 2.05) is 0 Å². The second kappa shape index (κ2) is 4.32. The predicted octanol–water partition coefficient (Wildman–Crippen LogP) is -1.42. The zero-order chi connectivity index (χ0) is 9.78. The number of hydrogen-bond acceptors (Lipinski definition) is 4. The average molecular weight is 197 g/mol. The fraction of sp³-hybridized carbons (Fsp3) is 0.500. The summed E-state index contributed by atoms with van der Waals surface area (Å²) in [6, 6.07) is 0. The van der Waals surface area contributed by atoms with Crippen LogP contribution in [0.1, 0.15) is 0 Å². The molecule has 0 heterocycles. The summed E-state index contributed by atoms with van der Waals surface area (Å²) in [5.41, 5.74) is 0. The fourth-order valence-corrected chi connectivity index (χ4v) is 1.06. The Labute approximate surface area is 67.7 Å². The minimum atomic E-state index is -4.39. The molecule has 3 N–H and O–H groups in total. The topological polar surface area (TPSA) is 115 Å². The zero-order valence-corrected chi connectivity index (χ0v) is 6.85. The van der Waals surface area contributed by atoms with Gasteiger partial charge in [-0.05, 0) is 0 Å². The van der Waals surface area contributed by atoms with Crippen molar-refractivity contribution in [2.45, 2.75) is 0 Å². The minimum absolute atomic E-state index is 0.0119. The van der Waals surface area contributed by atoms with Crippen LogP contribution < -0.4 is 0 Å². The molecule has 0 spiro atoms. The van der Waals surface area contributed by atoms with Gasteiger partial charge in [-0.1, -0.05) is 0 Å². The van der Waals surface area contributed by atoms with E-state index in [-0.39, 0.29) is 11.5 Å². The number of rotatable bonds is 5. The van der Waals surface area contributed by atoms with Gasteiger partial charge >= 0.3 is 7.60 Å². The first kappa shape index (κ1) is 11.2. The fourth-order valence-electron chi connectivity index (χ4n) is 0.498. The SMILES string of the molecule is O=CN(O)CC(=O)CP(=O)(O)O. The molecule has 0 saturated heterocycles. The van der Waals surface area contributed by atoms with Crippen LogP contribution in [0.2, 0.25) is 0 Å². The lowest BCUT2D eigenvalue weighted by Gasteiger charge is -2.07. The monoisotopic (exact) mass is 197 g/mol. The van der Waals surface area contributed by atoms with Crippen LogP contribution in [0, 0.1) is 0 Å². The maximum Gasteiger partial charge on any atom is 0.333 e. The molecule has 70 valence electrons. The maximum absolute atomic E-state index is 10.6. The van der Waals surface area contributed by atoms with Gasteiger partial charge in [0.1, 0.15) is 12.7 Å². The van der Waals surface area contributed by atoms with Gasteiger partial charge in [0.25, 0.3) is 0 Å². The summed E-state index contributed by atoms with van der Waals surface area (Å²) in [7, 11) is -4.39. The maximum atomic E-state index is 10.6. The van der Waals surface area contributed by atoms with E-state index in [0.29, 0.717) is 0 Å². The van der Waals surface area contributed by atoms with Gasteiger partial charge in [0.05, 0.1) is 0 Å². The third kappa shape index (κ3) is 5.99. The van der Waals surface area contributed by atoms with Gasteiger partial charge in [0.15, 0.2) is 5.78 Å². The first-order chi connectivity index (χ1) is 5.35. The Morgan fingerprint density at radius 2 is 2.00 bits per heavy atom. The van der Waals surface area contributed by atoms with Crippen LogP contribution in [0.4, 0.5) is 0 Å². The molecule has 0 fully saturated rings. The van der Waals surface area contributed by atoms with Crippen molar-refractivity contribution in [3.05, 3.63) is 0 Å². The highest BCUT2D eigenvalue weighted by molar-refractivity contribution is 7.52. The van der Waals surface area contributed by atoms with Crippen molar-refractivity contribution in [2.75, 3.05) is 12.7 Å². The predicted molar refractivity (Wildman–Crippen MR) is 36.5 cm³/mol. The van der Waals surface area contributed by atoms with Crippen molar-refractivity contribution in [3.8, 4) is 0 Å². The molecule has 0 aliphatic heterocycles. The van der Waals surface area contributed by atoms with Crippen LogP contribution in [-0.4, -0.2) is 45.0 Å². The number of hydroxylamine groups is 2. The molecule has 0 saturated carbocycles. The highest BCUT2D eigenvalue weighted by Gasteiger charge is 2.19. The van der Waals surface area contributed by atoms with Gasteiger partial charge in [0, 0.05) is 0 Å². The molecule has 0 rings (SSSR count). The van der Waals surface area contributed by atoms with E-state index in [1.54, 1.807) is 0 Å². The molecule has 8 heteroatoms. The van der Waals surface area contributed by atoms with Gasteiger partial charge in [0.2, 0.25) is 6.41 Å². The van der Waals surface area contributed by atoms with Gasteiger partial charge in [-0.2, -0.15) is 0 Å². The molecule has 0 atom stereocenters. The molecule has 0 aliphatic carbocycles. The van der Waals surface area contributed by atoms with Crippen molar-refractivity contribution in [1.82, 2.24) is 5.06 Å². The van der Waals surface area contributed by atoms with Gasteiger partial charge in [-0.25, -0.2) is 5.06 Å². The largest absolute Gasteiger partial charge is 0.333 e. The lowest BCUT2D eigenvalue weighted by molar-refractivity contribution is -0.154. The normalized spacial score (nSPS) is 10.9. The molecule has 1 amide bonds.